The number of rotatable bonds is 5. The van der Waals surface area contributed by atoms with Gasteiger partial charge in [-0.15, -0.1) is 0 Å². The number of benzene rings is 2. The molecule has 2 aromatic carbocycles. The number of aromatic carboxylic acids is 1. The van der Waals surface area contributed by atoms with Gasteiger partial charge in [-0.25, -0.2) is 18.0 Å². The Morgan fingerprint density at radius 2 is 1.71 bits per heavy atom. The molecule has 2 rings (SSSR count). The third-order valence-corrected chi connectivity index (χ3v) is 4.45. The van der Waals surface area contributed by atoms with Gasteiger partial charge in [-0.2, -0.15) is 0 Å². The van der Waals surface area contributed by atoms with Crippen LogP contribution >= 0.6 is 0 Å². The fraction of sp³-hybridized carbons (Fsp3) is 0.0667. The standard InChI is InChI=1S/C15H13NO7S/c1-23-15(20)9-2-4-10(5-3-9)16-24(21,22)11-6-7-13(17)12(8-11)14(18)19/h2-8,16-17H,1H3,(H,18,19). The lowest BCUT2D eigenvalue weighted by Crippen LogP contribution is -2.14. The van der Waals surface area contributed by atoms with E-state index in [2.05, 4.69) is 9.46 Å². The summed E-state index contributed by atoms with van der Waals surface area (Å²) in [6.07, 6.45) is 0. The van der Waals surface area contributed by atoms with Gasteiger partial charge >= 0.3 is 11.9 Å². The van der Waals surface area contributed by atoms with Crippen LogP contribution in [0.4, 0.5) is 5.69 Å². The number of nitrogens with one attached hydrogen (secondary N) is 1. The number of esters is 1. The number of anilines is 1. The highest BCUT2D eigenvalue weighted by Gasteiger charge is 2.19. The third kappa shape index (κ3) is 3.63. The number of carboxylic acid groups (broad SMARTS) is 1. The molecular formula is C15H13NO7S. The molecule has 0 heterocycles. The van der Waals surface area contributed by atoms with Gasteiger partial charge in [-0.05, 0) is 42.5 Å². The minimum absolute atomic E-state index is 0.174. The smallest absolute Gasteiger partial charge is 0.339 e. The summed E-state index contributed by atoms with van der Waals surface area (Å²) >= 11 is 0. The first kappa shape index (κ1) is 17.3. The Labute approximate surface area is 137 Å². The van der Waals surface area contributed by atoms with Gasteiger partial charge in [0.05, 0.1) is 17.6 Å². The topological polar surface area (TPSA) is 130 Å². The van der Waals surface area contributed by atoms with Gasteiger partial charge in [0.2, 0.25) is 0 Å². The highest BCUT2D eigenvalue weighted by atomic mass is 32.2. The van der Waals surface area contributed by atoms with E-state index in [1.807, 2.05) is 0 Å². The number of methoxy groups -OCH3 is 1. The molecule has 9 heteroatoms. The van der Waals surface area contributed by atoms with Crippen LogP contribution in [0.3, 0.4) is 0 Å². The quantitative estimate of drug-likeness (QED) is 0.699. The molecule has 0 aromatic heterocycles. The Morgan fingerprint density at radius 3 is 2.25 bits per heavy atom. The van der Waals surface area contributed by atoms with Crippen molar-refractivity contribution >= 4 is 27.6 Å². The van der Waals surface area contributed by atoms with E-state index in [1.54, 1.807) is 0 Å². The summed E-state index contributed by atoms with van der Waals surface area (Å²) in [5, 5.41) is 18.4. The summed E-state index contributed by atoms with van der Waals surface area (Å²) in [5.74, 6) is -2.55. The van der Waals surface area contributed by atoms with Crippen LogP contribution in [0.25, 0.3) is 0 Å². The Hall–Kier alpha value is -3.07. The van der Waals surface area contributed by atoms with E-state index in [0.717, 1.165) is 18.2 Å². The Kier molecular flexibility index (Phi) is 4.74. The highest BCUT2D eigenvalue weighted by molar-refractivity contribution is 7.92. The maximum atomic E-state index is 12.3. The van der Waals surface area contributed by atoms with E-state index >= 15 is 0 Å². The summed E-state index contributed by atoms with van der Waals surface area (Å²) in [6.45, 7) is 0. The number of carbonyl (C=O) groups is 2. The summed E-state index contributed by atoms with van der Waals surface area (Å²) in [6, 6.07) is 8.39. The zero-order valence-corrected chi connectivity index (χ0v) is 13.2. The van der Waals surface area contributed by atoms with Gasteiger partial charge in [0.15, 0.2) is 0 Å². The lowest BCUT2D eigenvalue weighted by molar-refractivity contribution is 0.0599. The lowest BCUT2D eigenvalue weighted by Gasteiger charge is -2.10. The highest BCUT2D eigenvalue weighted by Crippen LogP contribution is 2.23. The van der Waals surface area contributed by atoms with Crippen LogP contribution in [0, 0.1) is 0 Å². The average molecular weight is 351 g/mol. The molecule has 0 spiro atoms. The summed E-state index contributed by atoms with van der Waals surface area (Å²) in [5.41, 5.74) is -0.107. The number of ether oxygens (including phenoxy) is 1. The molecular weight excluding hydrogens is 338 g/mol. The van der Waals surface area contributed by atoms with Gasteiger partial charge in [0.25, 0.3) is 10.0 Å². The van der Waals surface area contributed by atoms with Gasteiger partial charge in [0, 0.05) is 5.69 Å². The molecule has 126 valence electrons. The van der Waals surface area contributed by atoms with Gasteiger partial charge in [-0.1, -0.05) is 0 Å². The van der Waals surface area contributed by atoms with Crippen molar-refractivity contribution in [2.75, 3.05) is 11.8 Å². The molecule has 0 fully saturated rings. The van der Waals surface area contributed by atoms with Crippen LogP contribution in [0.5, 0.6) is 5.75 Å². The van der Waals surface area contributed by atoms with Gasteiger partial charge < -0.3 is 14.9 Å². The molecule has 0 radical (unpaired) electrons. The third-order valence-electron chi connectivity index (χ3n) is 3.07. The molecule has 8 nitrogen and oxygen atoms in total. The lowest BCUT2D eigenvalue weighted by atomic mass is 10.2. The predicted octanol–water partition coefficient (Wildman–Crippen LogP) is 1.68. The van der Waals surface area contributed by atoms with Crippen LogP contribution in [0.2, 0.25) is 0 Å². The molecule has 0 aliphatic rings. The van der Waals surface area contributed by atoms with Crippen molar-refractivity contribution in [2.24, 2.45) is 0 Å². The van der Waals surface area contributed by atoms with E-state index in [0.29, 0.717) is 0 Å². The number of hydrogen-bond donors (Lipinski definition) is 3. The monoisotopic (exact) mass is 351 g/mol. The van der Waals surface area contributed by atoms with Crippen LogP contribution in [-0.4, -0.2) is 37.7 Å². The van der Waals surface area contributed by atoms with Crippen molar-refractivity contribution in [3.8, 4) is 5.75 Å². The van der Waals surface area contributed by atoms with Crippen molar-refractivity contribution in [2.45, 2.75) is 4.90 Å². The van der Waals surface area contributed by atoms with Crippen molar-refractivity contribution in [3.05, 3.63) is 53.6 Å². The zero-order chi connectivity index (χ0) is 17.9. The predicted molar refractivity (Wildman–Crippen MR) is 83.7 cm³/mol. The summed E-state index contributed by atoms with van der Waals surface area (Å²) in [4.78, 5) is 22.0. The van der Waals surface area contributed by atoms with Crippen molar-refractivity contribution in [1.29, 1.82) is 0 Å². The van der Waals surface area contributed by atoms with Crippen LogP contribution < -0.4 is 4.72 Å². The second-order valence-electron chi connectivity index (χ2n) is 4.66. The first-order valence-corrected chi connectivity index (χ1v) is 8.00. The van der Waals surface area contributed by atoms with E-state index in [9.17, 15) is 23.1 Å². The van der Waals surface area contributed by atoms with E-state index in [1.165, 1.54) is 31.4 Å². The fourth-order valence-electron chi connectivity index (χ4n) is 1.86. The molecule has 0 aliphatic carbocycles. The molecule has 0 saturated heterocycles. The summed E-state index contributed by atoms with van der Waals surface area (Å²) in [7, 11) is -2.84. The number of aromatic hydroxyl groups is 1. The molecule has 3 N–H and O–H groups in total. The van der Waals surface area contributed by atoms with Gasteiger partial charge in [0.1, 0.15) is 11.3 Å². The number of phenols is 1. The zero-order valence-electron chi connectivity index (χ0n) is 12.4. The molecule has 2 aromatic rings. The first-order chi connectivity index (χ1) is 11.2. The molecule has 0 amide bonds. The van der Waals surface area contributed by atoms with Crippen molar-refractivity contribution in [3.63, 3.8) is 0 Å². The van der Waals surface area contributed by atoms with E-state index in [4.69, 9.17) is 5.11 Å². The number of carboxylic acids is 1. The normalized spacial score (nSPS) is 10.9. The Bertz CT molecular complexity index is 889. The fourth-order valence-corrected chi connectivity index (χ4v) is 2.94. The average Bonchev–Trinajstić information content (AvgIpc) is 2.54. The Morgan fingerprint density at radius 1 is 1.08 bits per heavy atom. The second-order valence-corrected chi connectivity index (χ2v) is 6.34. The molecule has 0 aliphatic heterocycles. The molecule has 0 unspecified atom stereocenters. The number of carbonyl (C=O) groups excluding carboxylic acids is 1. The van der Waals surface area contributed by atoms with E-state index < -0.39 is 33.3 Å². The number of hydrogen-bond acceptors (Lipinski definition) is 6. The van der Waals surface area contributed by atoms with Crippen LogP contribution in [0.1, 0.15) is 20.7 Å². The van der Waals surface area contributed by atoms with Crippen molar-refractivity contribution in [1.82, 2.24) is 0 Å². The van der Waals surface area contributed by atoms with Crippen LogP contribution in [0.15, 0.2) is 47.4 Å². The minimum Gasteiger partial charge on any atom is -0.507 e. The van der Waals surface area contributed by atoms with Crippen LogP contribution in [-0.2, 0) is 14.8 Å². The Balaban J connectivity index is 2.30. The molecule has 24 heavy (non-hydrogen) atoms. The largest absolute Gasteiger partial charge is 0.507 e. The maximum absolute atomic E-state index is 12.3. The first-order valence-electron chi connectivity index (χ1n) is 6.52. The summed E-state index contributed by atoms with van der Waals surface area (Å²) < 4.78 is 31.4. The van der Waals surface area contributed by atoms with Gasteiger partial charge in [-0.3, -0.25) is 4.72 Å². The maximum Gasteiger partial charge on any atom is 0.339 e. The van der Waals surface area contributed by atoms with Crippen molar-refractivity contribution < 1.29 is 33.0 Å². The molecule has 0 bridgehead atoms. The van der Waals surface area contributed by atoms with E-state index in [-0.39, 0.29) is 16.1 Å². The second kappa shape index (κ2) is 6.59. The SMILES string of the molecule is COC(=O)c1ccc(NS(=O)(=O)c2ccc(O)c(C(=O)O)c2)cc1. The number of sulfonamides is 1. The molecule has 0 saturated carbocycles. The minimum atomic E-state index is -4.07. The molecule has 0 atom stereocenters.